The monoisotopic (exact) mass is 357 g/mol. The summed E-state index contributed by atoms with van der Waals surface area (Å²) in [5, 5.41) is 5.56. The quantitative estimate of drug-likeness (QED) is 0.611. The number of hydrogen-bond acceptors (Lipinski definition) is 6. The van der Waals surface area contributed by atoms with E-state index in [2.05, 4.69) is 20.6 Å². The Balaban J connectivity index is 1.72. The molecule has 1 amide bonds. The van der Waals surface area contributed by atoms with Crippen LogP contribution in [-0.4, -0.2) is 22.9 Å². The van der Waals surface area contributed by atoms with Crippen LogP contribution in [0.3, 0.4) is 0 Å². The van der Waals surface area contributed by atoms with E-state index in [1.165, 1.54) is 23.5 Å². The van der Waals surface area contributed by atoms with Gasteiger partial charge < -0.3 is 16.4 Å². The van der Waals surface area contributed by atoms with Crippen molar-refractivity contribution in [2.24, 2.45) is 0 Å². The molecule has 0 atom stereocenters. The zero-order valence-electron chi connectivity index (χ0n) is 13.4. The predicted octanol–water partition coefficient (Wildman–Crippen LogP) is 2.90. The number of carbonyl (C=O) groups is 1. The number of rotatable bonds is 5. The second kappa shape index (κ2) is 7.27. The first-order valence-corrected chi connectivity index (χ1v) is 8.32. The van der Waals surface area contributed by atoms with Crippen molar-refractivity contribution in [2.45, 2.75) is 6.54 Å². The molecule has 0 aliphatic heterocycles. The first-order chi connectivity index (χ1) is 12.1. The third-order valence-corrected chi connectivity index (χ3v) is 4.65. The number of thiophene rings is 1. The van der Waals surface area contributed by atoms with E-state index in [-0.39, 0.29) is 18.0 Å². The van der Waals surface area contributed by atoms with E-state index in [0.717, 1.165) is 10.6 Å². The van der Waals surface area contributed by atoms with Crippen LogP contribution in [0.1, 0.15) is 15.2 Å². The summed E-state index contributed by atoms with van der Waals surface area (Å²) in [7, 11) is 1.74. The van der Waals surface area contributed by atoms with Gasteiger partial charge in [-0.05, 0) is 30.3 Å². The maximum atomic E-state index is 13.8. The molecule has 0 aliphatic rings. The van der Waals surface area contributed by atoms with E-state index in [1.54, 1.807) is 31.4 Å². The molecule has 4 N–H and O–H groups in total. The maximum Gasteiger partial charge on any atom is 0.261 e. The van der Waals surface area contributed by atoms with Crippen molar-refractivity contribution in [1.29, 1.82) is 0 Å². The number of anilines is 2. The maximum absolute atomic E-state index is 13.8. The SMILES string of the molecule is CNc1nccc(-c2ccc(C(=O)NCc3c(N)cccc3F)s2)n1. The Hall–Kier alpha value is -3.00. The van der Waals surface area contributed by atoms with Crippen molar-refractivity contribution in [1.82, 2.24) is 15.3 Å². The summed E-state index contributed by atoms with van der Waals surface area (Å²) in [4.78, 5) is 22.1. The van der Waals surface area contributed by atoms with Gasteiger partial charge in [0.1, 0.15) is 5.82 Å². The van der Waals surface area contributed by atoms with Gasteiger partial charge in [0.15, 0.2) is 0 Å². The van der Waals surface area contributed by atoms with Crippen LogP contribution >= 0.6 is 11.3 Å². The summed E-state index contributed by atoms with van der Waals surface area (Å²) in [5.41, 5.74) is 7.06. The van der Waals surface area contributed by atoms with E-state index in [9.17, 15) is 9.18 Å². The number of aromatic nitrogens is 2. The molecule has 8 heteroatoms. The number of nitrogen functional groups attached to an aromatic ring is 1. The normalized spacial score (nSPS) is 10.5. The number of nitrogens with zero attached hydrogens (tertiary/aromatic N) is 2. The van der Waals surface area contributed by atoms with E-state index < -0.39 is 5.82 Å². The molecule has 0 radical (unpaired) electrons. The summed E-state index contributed by atoms with van der Waals surface area (Å²) in [6.07, 6.45) is 1.65. The zero-order chi connectivity index (χ0) is 17.8. The Morgan fingerprint density at radius 2 is 2.12 bits per heavy atom. The highest BCUT2D eigenvalue weighted by molar-refractivity contribution is 7.17. The van der Waals surface area contributed by atoms with E-state index in [0.29, 0.717) is 16.5 Å². The number of amides is 1. The fourth-order valence-corrected chi connectivity index (χ4v) is 3.12. The molecule has 2 aromatic heterocycles. The Labute approximate surface area is 147 Å². The van der Waals surface area contributed by atoms with Crippen molar-refractivity contribution in [3.63, 3.8) is 0 Å². The summed E-state index contributed by atoms with van der Waals surface area (Å²) in [6, 6.07) is 9.74. The largest absolute Gasteiger partial charge is 0.398 e. The zero-order valence-corrected chi connectivity index (χ0v) is 14.2. The third-order valence-electron chi connectivity index (χ3n) is 3.54. The number of carbonyl (C=O) groups excluding carboxylic acids is 1. The average Bonchev–Trinajstić information content (AvgIpc) is 3.11. The second-order valence-electron chi connectivity index (χ2n) is 5.17. The van der Waals surface area contributed by atoms with Crippen molar-refractivity contribution in [2.75, 3.05) is 18.1 Å². The molecular formula is C17H16FN5OS. The number of halogens is 1. The molecule has 6 nitrogen and oxygen atoms in total. The first-order valence-electron chi connectivity index (χ1n) is 7.50. The fourth-order valence-electron chi connectivity index (χ4n) is 2.23. The lowest BCUT2D eigenvalue weighted by molar-refractivity contribution is 0.0955. The number of benzene rings is 1. The highest BCUT2D eigenvalue weighted by Crippen LogP contribution is 2.27. The molecule has 3 rings (SSSR count). The number of nitrogens with one attached hydrogen (secondary N) is 2. The topological polar surface area (TPSA) is 92.9 Å². The van der Waals surface area contributed by atoms with Gasteiger partial charge in [0.2, 0.25) is 5.95 Å². The van der Waals surface area contributed by atoms with E-state index in [4.69, 9.17) is 5.73 Å². The van der Waals surface area contributed by atoms with Crippen molar-refractivity contribution < 1.29 is 9.18 Å². The van der Waals surface area contributed by atoms with Crippen LogP contribution in [0.2, 0.25) is 0 Å². The van der Waals surface area contributed by atoms with Crippen LogP contribution < -0.4 is 16.4 Å². The van der Waals surface area contributed by atoms with Gasteiger partial charge in [-0.2, -0.15) is 0 Å². The van der Waals surface area contributed by atoms with Gasteiger partial charge in [-0.15, -0.1) is 11.3 Å². The minimum atomic E-state index is -0.437. The van der Waals surface area contributed by atoms with Gasteiger partial charge in [-0.1, -0.05) is 6.07 Å². The van der Waals surface area contributed by atoms with Crippen molar-refractivity contribution >= 4 is 28.9 Å². The lowest BCUT2D eigenvalue weighted by Gasteiger charge is -2.08. The van der Waals surface area contributed by atoms with Crippen LogP contribution in [0.15, 0.2) is 42.6 Å². The second-order valence-corrected chi connectivity index (χ2v) is 6.25. The minimum absolute atomic E-state index is 0.0297. The third kappa shape index (κ3) is 3.74. The van der Waals surface area contributed by atoms with Gasteiger partial charge in [0, 0.05) is 31.0 Å². The minimum Gasteiger partial charge on any atom is -0.398 e. The standard InChI is InChI=1S/C17H16FN5OS/c1-20-17-21-8-7-13(23-17)14-5-6-15(25-14)16(24)22-9-10-11(18)3-2-4-12(10)19/h2-8H,9,19H2,1H3,(H,22,24)(H,20,21,23). The van der Waals surface area contributed by atoms with Crippen LogP contribution in [0, 0.1) is 5.82 Å². The Kier molecular flexibility index (Phi) is 4.90. The smallest absolute Gasteiger partial charge is 0.261 e. The lowest BCUT2D eigenvalue weighted by Crippen LogP contribution is -2.23. The lowest BCUT2D eigenvalue weighted by atomic mass is 10.1. The highest BCUT2D eigenvalue weighted by atomic mass is 32.1. The van der Waals surface area contributed by atoms with Crippen LogP contribution in [0.25, 0.3) is 10.6 Å². The molecule has 0 aliphatic carbocycles. The summed E-state index contributed by atoms with van der Waals surface area (Å²) in [6.45, 7) is 0.0297. The molecule has 25 heavy (non-hydrogen) atoms. The van der Waals surface area contributed by atoms with Gasteiger partial charge >= 0.3 is 0 Å². The Morgan fingerprint density at radius 3 is 2.88 bits per heavy atom. The molecule has 3 aromatic rings. The average molecular weight is 357 g/mol. The highest BCUT2D eigenvalue weighted by Gasteiger charge is 2.13. The fraction of sp³-hybridized carbons (Fsp3) is 0.118. The van der Waals surface area contributed by atoms with Crippen LogP contribution in [0.5, 0.6) is 0 Å². The molecule has 128 valence electrons. The molecule has 0 fully saturated rings. The van der Waals surface area contributed by atoms with Gasteiger partial charge in [0.05, 0.1) is 15.4 Å². The summed E-state index contributed by atoms with van der Waals surface area (Å²) in [5.74, 6) is -0.221. The van der Waals surface area contributed by atoms with Gasteiger partial charge in [-0.3, -0.25) is 4.79 Å². The summed E-state index contributed by atoms with van der Waals surface area (Å²) < 4.78 is 13.8. The van der Waals surface area contributed by atoms with E-state index in [1.807, 2.05) is 6.07 Å². The van der Waals surface area contributed by atoms with Crippen molar-refractivity contribution in [3.8, 4) is 10.6 Å². The molecule has 0 bridgehead atoms. The molecule has 1 aromatic carbocycles. The van der Waals surface area contributed by atoms with Crippen LogP contribution in [0.4, 0.5) is 16.0 Å². The number of nitrogens with two attached hydrogens (primary N) is 1. The molecule has 0 unspecified atom stereocenters. The number of hydrogen-bond donors (Lipinski definition) is 3. The van der Waals surface area contributed by atoms with Gasteiger partial charge in [-0.25, -0.2) is 14.4 Å². The van der Waals surface area contributed by atoms with Crippen LogP contribution in [-0.2, 0) is 6.54 Å². The first kappa shape index (κ1) is 16.8. The predicted molar refractivity (Wildman–Crippen MR) is 96.9 cm³/mol. The molecule has 0 spiro atoms. The molecule has 2 heterocycles. The Morgan fingerprint density at radius 1 is 1.28 bits per heavy atom. The molecular weight excluding hydrogens is 341 g/mol. The summed E-state index contributed by atoms with van der Waals surface area (Å²) >= 11 is 1.30. The van der Waals surface area contributed by atoms with E-state index >= 15 is 0 Å². The Bertz CT molecular complexity index is 891. The molecule has 0 saturated heterocycles. The van der Waals surface area contributed by atoms with Crippen molar-refractivity contribution in [3.05, 3.63) is 58.9 Å². The molecule has 0 saturated carbocycles. The van der Waals surface area contributed by atoms with Gasteiger partial charge in [0.25, 0.3) is 5.91 Å².